The van der Waals surface area contributed by atoms with E-state index in [0.29, 0.717) is 44.0 Å². The van der Waals surface area contributed by atoms with E-state index < -0.39 is 20.8 Å². The highest BCUT2D eigenvalue weighted by Crippen LogP contribution is 2.38. The van der Waals surface area contributed by atoms with Crippen molar-refractivity contribution in [2.24, 2.45) is 0 Å². The monoisotopic (exact) mass is 1110 g/mol. The Bertz CT molecular complexity index is 3070. The van der Waals surface area contributed by atoms with E-state index in [4.69, 9.17) is 4.74 Å². The lowest BCUT2D eigenvalue weighted by molar-refractivity contribution is -0.140. The third kappa shape index (κ3) is 15.2. The van der Waals surface area contributed by atoms with Gasteiger partial charge >= 0.3 is 0 Å². The zero-order valence-corrected chi connectivity index (χ0v) is 47.4. The predicted octanol–water partition coefficient (Wildman–Crippen LogP) is 8.16. The Morgan fingerprint density at radius 2 is 1.16 bits per heavy atom. The molecule has 0 aliphatic carbocycles. The third-order valence-electron chi connectivity index (χ3n) is 14.7. The molecule has 3 unspecified atom stereocenters. The maximum absolute atomic E-state index is 13.8. The standard InChI is InChI=1S/C62H70N6O9S2/c1-42-22-23-44-15-9-12-20-49(44)68(41-47-18-8-11-19-48(42)47)56(72)27-33-64-54(70)29-35-66-58(74)39-52(60(66)76)79-62(4,5)30-36-77-61(2,3)31-37-78-51-38-57(73)65(59(51)75)34-28-53(69)63-32-26-55(71)67-40-46-17-7-6-14-43(46)24-25-45-16-10-13-21-50(45)67/h6-23,42,51-52H,26-41H2,1-5H3,(H,63,69)(H,64,70)/b23-22-. The summed E-state index contributed by atoms with van der Waals surface area (Å²) in [6.45, 7) is 11.3. The molecule has 4 aliphatic rings. The van der Waals surface area contributed by atoms with Crippen LogP contribution in [0.4, 0.5) is 11.4 Å². The van der Waals surface area contributed by atoms with Crippen molar-refractivity contribution >= 4 is 88.2 Å². The molecule has 0 spiro atoms. The fourth-order valence-corrected chi connectivity index (χ4v) is 12.9. The molecule has 4 heterocycles. The number of carbonyl (C=O) groups excluding carboxylic acids is 8. The van der Waals surface area contributed by atoms with Crippen molar-refractivity contribution in [1.82, 2.24) is 20.4 Å². The average Bonchev–Trinajstić information content (AvgIpc) is 3.86. The Labute approximate surface area is 472 Å². The second kappa shape index (κ2) is 26.3. The Hall–Kier alpha value is -7.00. The van der Waals surface area contributed by atoms with E-state index in [1.807, 2.05) is 119 Å². The summed E-state index contributed by atoms with van der Waals surface area (Å²) in [5.74, 6) is 4.82. The molecule has 15 nitrogen and oxygen atoms in total. The van der Waals surface area contributed by atoms with Crippen molar-refractivity contribution in [2.45, 2.75) is 126 Å². The molecular weight excluding hydrogens is 1040 g/mol. The molecule has 0 saturated carbocycles. The fraction of sp³-hybridized carbons (Fsp3) is 0.419. The van der Waals surface area contributed by atoms with Gasteiger partial charge in [-0.1, -0.05) is 118 Å². The normalized spacial score (nSPS) is 18.4. The van der Waals surface area contributed by atoms with E-state index in [0.717, 1.165) is 44.0 Å². The average molecular weight is 1110 g/mol. The van der Waals surface area contributed by atoms with Crippen LogP contribution < -0.4 is 20.4 Å². The number of ether oxygens (including phenoxy) is 1. The Morgan fingerprint density at radius 3 is 1.85 bits per heavy atom. The molecule has 3 atom stereocenters. The molecule has 4 aromatic rings. The lowest BCUT2D eigenvalue weighted by Gasteiger charge is -2.30. The van der Waals surface area contributed by atoms with Crippen molar-refractivity contribution in [3.05, 3.63) is 137 Å². The molecule has 2 fully saturated rings. The molecule has 8 rings (SSSR count). The first-order valence-electron chi connectivity index (χ1n) is 27.2. The van der Waals surface area contributed by atoms with Crippen molar-refractivity contribution in [2.75, 3.05) is 48.3 Å². The number of imide groups is 2. The molecule has 79 heavy (non-hydrogen) atoms. The van der Waals surface area contributed by atoms with Gasteiger partial charge in [-0.3, -0.25) is 48.2 Å². The van der Waals surface area contributed by atoms with Crippen LogP contribution in [-0.4, -0.2) is 116 Å². The SMILES string of the molecule is CC1/C=C\c2ccccc2N(C(=O)CCNC(=O)CCN2C(=O)CC(SC(C)(C)CCOC(C)(C)CCSC3CC(=O)N(CCC(=O)NCCC(=O)N4Cc5ccccc5C#Cc5ccccc54)C3=O)C2=O)Cc2ccccc21. The van der Waals surface area contributed by atoms with Crippen LogP contribution in [0.2, 0.25) is 0 Å². The van der Waals surface area contributed by atoms with Gasteiger partial charge in [-0.05, 0) is 84.9 Å². The number of thioether (sulfide) groups is 2. The third-order valence-corrected chi connectivity index (χ3v) is 17.4. The number of nitrogens with zero attached hydrogens (tertiary/aromatic N) is 4. The lowest BCUT2D eigenvalue weighted by Crippen LogP contribution is -2.38. The maximum Gasteiger partial charge on any atom is 0.242 e. The lowest BCUT2D eigenvalue weighted by atomic mass is 9.95. The van der Waals surface area contributed by atoms with Crippen LogP contribution in [0.3, 0.4) is 0 Å². The van der Waals surface area contributed by atoms with Gasteiger partial charge in [0.1, 0.15) is 0 Å². The second-order valence-electron chi connectivity index (χ2n) is 21.5. The van der Waals surface area contributed by atoms with E-state index >= 15 is 0 Å². The Morgan fingerprint density at radius 1 is 0.633 bits per heavy atom. The van der Waals surface area contributed by atoms with Crippen molar-refractivity contribution in [1.29, 1.82) is 0 Å². The Balaban J connectivity index is 0.702. The molecule has 17 heteroatoms. The van der Waals surface area contributed by atoms with Crippen LogP contribution in [0.15, 0.2) is 103 Å². The number of amides is 8. The van der Waals surface area contributed by atoms with Gasteiger partial charge in [0.25, 0.3) is 0 Å². The van der Waals surface area contributed by atoms with Crippen LogP contribution in [0.1, 0.15) is 125 Å². The van der Waals surface area contributed by atoms with Gasteiger partial charge in [0, 0.05) is 87.2 Å². The molecule has 4 aliphatic heterocycles. The number of fused-ring (bicyclic) bond motifs is 4. The van der Waals surface area contributed by atoms with E-state index in [2.05, 4.69) is 47.6 Å². The van der Waals surface area contributed by atoms with E-state index in [-0.39, 0.29) is 118 Å². The number of nitrogens with one attached hydrogen (secondary N) is 2. The van der Waals surface area contributed by atoms with Gasteiger partial charge in [-0.15, -0.1) is 23.5 Å². The van der Waals surface area contributed by atoms with Gasteiger partial charge < -0.3 is 25.2 Å². The van der Waals surface area contributed by atoms with Crippen molar-refractivity contribution in [3.63, 3.8) is 0 Å². The minimum Gasteiger partial charge on any atom is -0.375 e. The first-order chi connectivity index (χ1) is 37.9. The highest BCUT2D eigenvalue weighted by molar-refractivity contribution is 8.02. The minimum absolute atomic E-state index is 0.0403. The van der Waals surface area contributed by atoms with Gasteiger partial charge in [-0.25, -0.2) is 0 Å². The molecule has 0 bridgehead atoms. The summed E-state index contributed by atoms with van der Waals surface area (Å²) in [4.78, 5) is 112. The second-order valence-corrected chi connectivity index (χ2v) is 24.7. The molecule has 4 aromatic carbocycles. The van der Waals surface area contributed by atoms with E-state index in [9.17, 15) is 38.4 Å². The van der Waals surface area contributed by atoms with Gasteiger partial charge in [0.05, 0.1) is 40.6 Å². The largest absolute Gasteiger partial charge is 0.375 e. The van der Waals surface area contributed by atoms with Crippen LogP contribution in [0.25, 0.3) is 6.08 Å². The predicted molar refractivity (Wildman–Crippen MR) is 310 cm³/mol. The summed E-state index contributed by atoms with van der Waals surface area (Å²) < 4.78 is 5.89. The van der Waals surface area contributed by atoms with Crippen molar-refractivity contribution < 1.29 is 43.1 Å². The summed E-state index contributed by atoms with van der Waals surface area (Å²) in [5.41, 5.74) is 6.62. The summed E-state index contributed by atoms with van der Waals surface area (Å²) >= 11 is 2.82. The minimum atomic E-state index is -0.592. The number of likely N-dealkylation sites (tertiary alicyclic amines) is 2. The number of carbonyl (C=O) groups is 8. The molecule has 0 radical (unpaired) electrons. The first kappa shape index (κ1) is 58.2. The summed E-state index contributed by atoms with van der Waals surface area (Å²) in [6, 6.07) is 31.1. The number of benzene rings is 4. The maximum atomic E-state index is 13.8. The van der Waals surface area contributed by atoms with Gasteiger partial charge in [0.2, 0.25) is 47.3 Å². The quantitative estimate of drug-likeness (QED) is 0.0572. The topological polar surface area (TPSA) is 183 Å². The molecule has 2 saturated heterocycles. The Kier molecular flexibility index (Phi) is 19.4. The van der Waals surface area contributed by atoms with Crippen LogP contribution in [0, 0.1) is 11.8 Å². The van der Waals surface area contributed by atoms with E-state index in [1.165, 1.54) is 28.4 Å². The summed E-state index contributed by atoms with van der Waals surface area (Å²) in [5, 5.41) is 4.45. The van der Waals surface area contributed by atoms with Crippen LogP contribution in [0.5, 0.6) is 0 Å². The molecule has 2 N–H and O–H groups in total. The number of allylic oxidation sites excluding steroid dienone is 1. The van der Waals surface area contributed by atoms with Gasteiger partial charge in [0.15, 0.2) is 0 Å². The number of anilines is 2. The molecular formula is C62H70N6O9S2. The van der Waals surface area contributed by atoms with Crippen molar-refractivity contribution in [3.8, 4) is 11.8 Å². The summed E-state index contributed by atoms with van der Waals surface area (Å²) in [7, 11) is 0. The first-order valence-corrected chi connectivity index (χ1v) is 29.1. The summed E-state index contributed by atoms with van der Waals surface area (Å²) in [6.07, 6.45) is 5.45. The highest BCUT2D eigenvalue weighted by Gasteiger charge is 2.42. The smallest absolute Gasteiger partial charge is 0.242 e. The van der Waals surface area contributed by atoms with Crippen LogP contribution in [-0.2, 0) is 56.2 Å². The fourth-order valence-electron chi connectivity index (χ4n) is 10.1. The van der Waals surface area contributed by atoms with Gasteiger partial charge in [-0.2, -0.15) is 0 Å². The molecule has 414 valence electrons. The van der Waals surface area contributed by atoms with E-state index in [1.54, 1.807) is 9.80 Å². The zero-order chi connectivity index (χ0) is 56.3. The molecule has 8 amide bonds. The van der Waals surface area contributed by atoms with Crippen LogP contribution >= 0.6 is 23.5 Å². The molecule has 0 aromatic heterocycles. The highest BCUT2D eigenvalue weighted by atomic mass is 32.2. The number of rotatable bonds is 22. The number of hydrogen-bond donors (Lipinski definition) is 2. The number of hydrogen-bond acceptors (Lipinski definition) is 11. The zero-order valence-electron chi connectivity index (χ0n) is 45.7. The number of para-hydroxylation sites is 2.